The van der Waals surface area contributed by atoms with Crippen LogP contribution in [-0.2, 0) is 19.9 Å². The summed E-state index contributed by atoms with van der Waals surface area (Å²) in [6.45, 7) is 4.26. The third-order valence-corrected chi connectivity index (χ3v) is 4.25. The first-order valence-corrected chi connectivity index (χ1v) is 9.03. The van der Waals surface area contributed by atoms with Crippen LogP contribution in [0, 0.1) is 0 Å². The van der Waals surface area contributed by atoms with Gasteiger partial charge in [0, 0.05) is 12.8 Å². The first-order valence-electron chi connectivity index (χ1n) is 9.03. The van der Waals surface area contributed by atoms with E-state index in [1.807, 2.05) is 30.3 Å². The van der Waals surface area contributed by atoms with Gasteiger partial charge in [0.15, 0.2) is 0 Å². The molecule has 1 aromatic carbocycles. The zero-order valence-electron chi connectivity index (χ0n) is 14.9. The third-order valence-electron chi connectivity index (χ3n) is 4.25. The van der Waals surface area contributed by atoms with Gasteiger partial charge in [-0.05, 0) is 37.7 Å². The summed E-state index contributed by atoms with van der Waals surface area (Å²) in [7, 11) is 0. The lowest BCUT2D eigenvalue weighted by molar-refractivity contribution is -0.163. The van der Waals surface area contributed by atoms with Crippen molar-refractivity contribution < 1.29 is 19.4 Å². The summed E-state index contributed by atoms with van der Waals surface area (Å²) in [5.41, 5.74) is 0.451. The summed E-state index contributed by atoms with van der Waals surface area (Å²) in [6, 6.07) is 9.95. The van der Waals surface area contributed by atoms with Crippen molar-refractivity contribution in [3.8, 4) is 0 Å². The molecule has 0 saturated heterocycles. The number of carboxylic acids is 1. The minimum Gasteiger partial charge on any atom is -0.481 e. The van der Waals surface area contributed by atoms with Crippen LogP contribution in [0.15, 0.2) is 30.3 Å². The molecule has 0 atom stereocenters. The fraction of sp³-hybridized carbons (Fsp3) is 0.600. The molecule has 24 heavy (non-hydrogen) atoms. The van der Waals surface area contributed by atoms with Gasteiger partial charge in [-0.3, -0.25) is 9.59 Å². The van der Waals surface area contributed by atoms with Gasteiger partial charge in [0.1, 0.15) is 5.60 Å². The van der Waals surface area contributed by atoms with Crippen molar-refractivity contribution in [2.24, 2.45) is 0 Å². The maximum Gasteiger partial charge on any atom is 0.306 e. The minimum absolute atomic E-state index is 0.00262. The van der Waals surface area contributed by atoms with Crippen molar-refractivity contribution in [1.82, 2.24) is 0 Å². The summed E-state index contributed by atoms with van der Waals surface area (Å²) in [5, 5.41) is 8.72. The zero-order chi connectivity index (χ0) is 17.8. The standard InChI is InChI=1S/C20H30O4/c1-3-5-15-20(16-6-4-2,17-11-8-7-9-12-17)24-19(23)14-10-13-18(21)22/h7-9,11-12H,3-6,10,13-16H2,1-2H3,(H,21,22). The average Bonchev–Trinajstić information content (AvgIpc) is 2.58. The molecule has 0 amide bonds. The van der Waals surface area contributed by atoms with Crippen molar-refractivity contribution in [1.29, 1.82) is 0 Å². The molecule has 1 rings (SSSR count). The molecule has 0 heterocycles. The number of ether oxygens (including phenoxy) is 1. The molecule has 1 N–H and O–H groups in total. The highest BCUT2D eigenvalue weighted by Gasteiger charge is 2.35. The quantitative estimate of drug-likeness (QED) is 0.543. The number of carbonyl (C=O) groups is 2. The highest BCUT2D eigenvalue weighted by atomic mass is 16.6. The fourth-order valence-electron chi connectivity index (χ4n) is 2.89. The second-order valence-electron chi connectivity index (χ2n) is 6.29. The predicted molar refractivity (Wildman–Crippen MR) is 94.7 cm³/mol. The van der Waals surface area contributed by atoms with Crippen LogP contribution in [0.5, 0.6) is 0 Å². The van der Waals surface area contributed by atoms with Crippen LogP contribution in [0.25, 0.3) is 0 Å². The van der Waals surface area contributed by atoms with E-state index in [4.69, 9.17) is 9.84 Å². The van der Waals surface area contributed by atoms with Crippen LogP contribution in [-0.4, -0.2) is 17.0 Å². The van der Waals surface area contributed by atoms with Crippen LogP contribution in [0.1, 0.15) is 77.2 Å². The second kappa shape index (κ2) is 10.8. The Labute approximate surface area is 145 Å². The molecule has 0 saturated carbocycles. The smallest absolute Gasteiger partial charge is 0.306 e. The normalized spacial score (nSPS) is 11.2. The lowest BCUT2D eigenvalue weighted by Gasteiger charge is -2.34. The molecule has 0 spiro atoms. The van der Waals surface area contributed by atoms with Gasteiger partial charge in [-0.2, -0.15) is 0 Å². The zero-order valence-corrected chi connectivity index (χ0v) is 14.9. The predicted octanol–water partition coefficient (Wildman–Crippen LogP) is 5.06. The van der Waals surface area contributed by atoms with Crippen molar-refractivity contribution in [2.75, 3.05) is 0 Å². The van der Waals surface area contributed by atoms with Gasteiger partial charge in [-0.25, -0.2) is 0 Å². The Morgan fingerprint density at radius 2 is 1.54 bits per heavy atom. The van der Waals surface area contributed by atoms with E-state index < -0.39 is 11.6 Å². The maximum atomic E-state index is 12.3. The molecule has 4 nitrogen and oxygen atoms in total. The molecule has 0 aliphatic carbocycles. The largest absolute Gasteiger partial charge is 0.481 e. The van der Waals surface area contributed by atoms with Gasteiger partial charge >= 0.3 is 11.9 Å². The van der Waals surface area contributed by atoms with E-state index in [2.05, 4.69) is 13.8 Å². The van der Waals surface area contributed by atoms with Gasteiger partial charge in [0.05, 0.1) is 0 Å². The molecular formula is C20H30O4. The number of unbranched alkanes of at least 4 members (excludes halogenated alkanes) is 2. The van der Waals surface area contributed by atoms with Crippen LogP contribution in [0.3, 0.4) is 0 Å². The Bertz CT molecular complexity index is 488. The van der Waals surface area contributed by atoms with Crippen LogP contribution in [0.4, 0.5) is 0 Å². The number of carbonyl (C=O) groups excluding carboxylic acids is 1. The van der Waals surface area contributed by atoms with Crippen LogP contribution < -0.4 is 0 Å². The van der Waals surface area contributed by atoms with E-state index in [0.717, 1.165) is 44.1 Å². The molecular weight excluding hydrogens is 304 g/mol. The number of aliphatic carboxylic acids is 1. The minimum atomic E-state index is -0.880. The number of rotatable bonds is 12. The Morgan fingerprint density at radius 1 is 0.958 bits per heavy atom. The summed E-state index contributed by atoms with van der Waals surface area (Å²) in [6.07, 6.45) is 6.13. The van der Waals surface area contributed by atoms with Crippen molar-refractivity contribution in [3.05, 3.63) is 35.9 Å². The molecule has 0 fully saturated rings. The molecule has 0 radical (unpaired) electrons. The summed E-state index contributed by atoms with van der Waals surface area (Å²) < 4.78 is 5.98. The molecule has 0 aliphatic rings. The summed E-state index contributed by atoms with van der Waals surface area (Å²) in [5.74, 6) is -1.18. The number of benzene rings is 1. The van der Waals surface area contributed by atoms with E-state index in [1.54, 1.807) is 0 Å². The van der Waals surface area contributed by atoms with E-state index >= 15 is 0 Å². The lowest BCUT2D eigenvalue weighted by Crippen LogP contribution is -2.33. The topological polar surface area (TPSA) is 63.6 Å². The van der Waals surface area contributed by atoms with E-state index in [0.29, 0.717) is 6.42 Å². The number of carboxylic acid groups (broad SMARTS) is 1. The number of hydrogen-bond donors (Lipinski definition) is 1. The highest BCUT2D eigenvalue weighted by Crippen LogP contribution is 2.37. The molecule has 0 unspecified atom stereocenters. The molecule has 0 bridgehead atoms. The van der Waals surface area contributed by atoms with E-state index in [1.165, 1.54) is 0 Å². The van der Waals surface area contributed by atoms with Gasteiger partial charge < -0.3 is 9.84 Å². The SMILES string of the molecule is CCCCC(CCCC)(OC(=O)CCCC(=O)O)c1ccccc1. The van der Waals surface area contributed by atoms with Crippen molar-refractivity contribution >= 4 is 11.9 Å². The maximum absolute atomic E-state index is 12.3. The Morgan fingerprint density at radius 3 is 2.04 bits per heavy atom. The van der Waals surface area contributed by atoms with Crippen LogP contribution >= 0.6 is 0 Å². The lowest BCUT2D eigenvalue weighted by atomic mass is 9.83. The van der Waals surface area contributed by atoms with Crippen LogP contribution in [0.2, 0.25) is 0 Å². The summed E-state index contributed by atoms with van der Waals surface area (Å²) >= 11 is 0. The number of esters is 1. The molecule has 0 aromatic heterocycles. The second-order valence-corrected chi connectivity index (χ2v) is 6.29. The van der Waals surface area contributed by atoms with Gasteiger partial charge in [0.2, 0.25) is 0 Å². The molecule has 4 heteroatoms. The van der Waals surface area contributed by atoms with Gasteiger partial charge in [-0.15, -0.1) is 0 Å². The summed E-state index contributed by atoms with van der Waals surface area (Å²) in [4.78, 5) is 22.9. The Hall–Kier alpha value is -1.84. The Kier molecular flexibility index (Phi) is 9.13. The fourth-order valence-corrected chi connectivity index (χ4v) is 2.89. The molecule has 134 valence electrons. The number of hydrogen-bond acceptors (Lipinski definition) is 3. The first kappa shape index (κ1) is 20.2. The van der Waals surface area contributed by atoms with E-state index in [-0.39, 0.29) is 18.8 Å². The Balaban J connectivity index is 2.92. The molecule has 0 aliphatic heterocycles. The average molecular weight is 334 g/mol. The molecule has 1 aromatic rings. The third kappa shape index (κ3) is 6.73. The van der Waals surface area contributed by atoms with Gasteiger partial charge in [-0.1, -0.05) is 57.0 Å². The van der Waals surface area contributed by atoms with Crippen molar-refractivity contribution in [2.45, 2.75) is 77.2 Å². The van der Waals surface area contributed by atoms with Gasteiger partial charge in [0.25, 0.3) is 0 Å². The first-order chi connectivity index (χ1) is 11.5. The van der Waals surface area contributed by atoms with E-state index in [9.17, 15) is 9.59 Å². The van der Waals surface area contributed by atoms with Crippen molar-refractivity contribution in [3.63, 3.8) is 0 Å². The monoisotopic (exact) mass is 334 g/mol. The highest BCUT2D eigenvalue weighted by molar-refractivity contribution is 5.72.